The summed E-state index contributed by atoms with van der Waals surface area (Å²) in [6.07, 6.45) is -3.95. The first-order chi connectivity index (χ1) is 37.7. The average molecular weight is 1150 g/mol. The molecule has 0 saturated heterocycles. The molecular weight excluding hydrogens is 1100 g/mol. The Morgan fingerprint density at radius 1 is 0.550 bits per heavy atom. The van der Waals surface area contributed by atoms with Gasteiger partial charge in [0.25, 0.3) is 31.2 Å². The number of carbonyl (C=O) groups excluding carboxylic acids is 2. The molecule has 0 saturated carbocycles. The number of ether oxygens (including phenoxy) is 2. The smallest absolute Gasteiger partial charge is 0.416 e. The number of rotatable bonds is 16. The van der Waals surface area contributed by atoms with Crippen molar-refractivity contribution in [1.29, 1.82) is 0 Å². The zero-order chi connectivity index (χ0) is 58.5. The number of anilines is 2. The summed E-state index contributed by atoms with van der Waals surface area (Å²) in [7, 11) is -3.40. The SMILES string of the molecule is CNC(=O)[C@@H](C)Cn1cnc2ccc(-c3cnc(OC)c(NS(=O)(=O)c4cccc(C(F)(F)F)c4)c3)cc2c1=O.CNC(=O)[C@H](C)Cn1cnc2ccc(-c3cnc(OC)c(NS(=O)(=O)c4cccc(C(F)(F)F)c4)c3)cc2c1=O. The van der Waals surface area contributed by atoms with Gasteiger partial charge in [-0.25, -0.2) is 36.8 Å². The highest BCUT2D eigenvalue weighted by atomic mass is 32.2. The summed E-state index contributed by atoms with van der Waals surface area (Å²) in [6.45, 7) is 3.57. The summed E-state index contributed by atoms with van der Waals surface area (Å²) in [5.41, 5.74) is -0.685. The highest BCUT2D eigenvalue weighted by molar-refractivity contribution is 7.93. The quantitative estimate of drug-likeness (QED) is 0.0690. The molecule has 420 valence electrons. The van der Waals surface area contributed by atoms with E-state index in [0.717, 1.165) is 36.4 Å². The average Bonchev–Trinajstić information content (AvgIpc) is 3.54. The molecule has 0 aliphatic heterocycles. The van der Waals surface area contributed by atoms with Crippen molar-refractivity contribution in [3.63, 3.8) is 0 Å². The van der Waals surface area contributed by atoms with Gasteiger partial charge in [-0.15, -0.1) is 0 Å². The van der Waals surface area contributed by atoms with Crippen LogP contribution in [0.15, 0.2) is 141 Å². The molecule has 2 atom stereocenters. The Labute approximate surface area is 452 Å². The molecule has 0 radical (unpaired) electrons. The van der Waals surface area contributed by atoms with Crippen molar-refractivity contribution in [2.45, 2.75) is 49.1 Å². The molecule has 0 aliphatic carbocycles. The van der Waals surface area contributed by atoms with Crippen LogP contribution < -0.4 is 40.7 Å². The fraction of sp³-hybridized carbons (Fsp3) is 0.231. The van der Waals surface area contributed by atoms with E-state index in [9.17, 15) is 62.4 Å². The topological polar surface area (TPSA) is 265 Å². The normalized spacial score (nSPS) is 12.7. The van der Waals surface area contributed by atoms with Crippen LogP contribution in [0, 0.1) is 11.8 Å². The van der Waals surface area contributed by atoms with Crippen LogP contribution in [0.25, 0.3) is 44.1 Å². The van der Waals surface area contributed by atoms with Crippen LogP contribution in [0.3, 0.4) is 0 Å². The third-order valence-electron chi connectivity index (χ3n) is 12.2. The summed E-state index contributed by atoms with van der Waals surface area (Å²) in [4.78, 5) is 65.7. The predicted molar refractivity (Wildman–Crippen MR) is 283 cm³/mol. The van der Waals surface area contributed by atoms with E-state index in [2.05, 4.69) is 40.0 Å². The lowest BCUT2D eigenvalue weighted by molar-refractivity contribution is -0.138. The van der Waals surface area contributed by atoms with Crippen molar-refractivity contribution in [3.05, 3.63) is 154 Å². The summed E-state index contributed by atoms with van der Waals surface area (Å²) in [5, 5.41) is 5.58. The maximum atomic E-state index is 13.2. The number of benzene rings is 4. The molecule has 8 rings (SSSR count). The van der Waals surface area contributed by atoms with Crippen LogP contribution in [-0.2, 0) is 55.1 Å². The summed E-state index contributed by atoms with van der Waals surface area (Å²) in [6, 6.07) is 19.1. The van der Waals surface area contributed by atoms with Crippen molar-refractivity contribution in [3.8, 4) is 34.0 Å². The minimum Gasteiger partial charge on any atom is -0.480 e. The molecule has 80 heavy (non-hydrogen) atoms. The Balaban J connectivity index is 0.000000231. The number of nitrogens with one attached hydrogen (secondary N) is 4. The van der Waals surface area contributed by atoms with E-state index in [1.54, 1.807) is 50.2 Å². The van der Waals surface area contributed by atoms with Gasteiger partial charge >= 0.3 is 12.4 Å². The van der Waals surface area contributed by atoms with Crippen molar-refractivity contribution in [2.75, 3.05) is 37.8 Å². The third kappa shape index (κ3) is 13.3. The molecule has 0 fully saturated rings. The fourth-order valence-electron chi connectivity index (χ4n) is 7.96. The van der Waals surface area contributed by atoms with Gasteiger partial charge < -0.3 is 20.1 Å². The maximum absolute atomic E-state index is 13.2. The number of aromatic nitrogens is 6. The molecule has 8 aromatic rings. The Morgan fingerprint density at radius 2 is 0.925 bits per heavy atom. The van der Waals surface area contributed by atoms with Crippen LogP contribution in [0.4, 0.5) is 37.7 Å². The first-order valence-corrected chi connectivity index (χ1v) is 26.5. The Hall–Kier alpha value is -8.92. The molecule has 20 nitrogen and oxygen atoms in total. The van der Waals surface area contributed by atoms with Gasteiger partial charge in [0.05, 0.1) is 81.4 Å². The molecular formula is C52H48F6N10O10S2. The molecule has 0 unspecified atom stereocenters. The lowest BCUT2D eigenvalue weighted by Crippen LogP contribution is -2.32. The van der Waals surface area contributed by atoms with Gasteiger partial charge in [0, 0.05) is 50.7 Å². The Morgan fingerprint density at radius 3 is 1.26 bits per heavy atom. The summed E-state index contributed by atoms with van der Waals surface area (Å²) >= 11 is 0. The lowest BCUT2D eigenvalue weighted by Gasteiger charge is -2.14. The zero-order valence-electron chi connectivity index (χ0n) is 43.0. The van der Waals surface area contributed by atoms with Gasteiger partial charge in [0.1, 0.15) is 11.4 Å². The number of fused-ring (bicyclic) bond motifs is 2. The minimum absolute atomic E-state index is 0.108. The largest absolute Gasteiger partial charge is 0.480 e. The number of halogens is 6. The first-order valence-electron chi connectivity index (χ1n) is 23.6. The molecule has 4 aromatic carbocycles. The van der Waals surface area contributed by atoms with Crippen LogP contribution in [0.2, 0.25) is 0 Å². The molecule has 4 aromatic heterocycles. The van der Waals surface area contributed by atoms with Gasteiger partial charge in [-0.1, -0.05) is 38.1 Å². The minimum atomic E-state index is -4.73. The number of amides is 2. The maximum Gasteiger partial charge on any atom is 0.416 e. The first kappa shape index (κ1) is 58.8. The zero-order valence-corrected chi connectivity index (χ0v) is 44.6. The number of hydrogen-bond acceptors (Lipinski definition) is 14. The fourth-order valence-corrected chi connectivity index (χ4v) is 10.2. The van der Waals surface area contributed by atoms with Crippen LogP contribution >= 0.6 is 0 Å². The number of carbonyl (C=O) groups is 2. The number of nitrogens with zero attached hydrogens (tertiary/aromatic N) is 6. The second-order valence-corrected chi connectivity index (χ2v) is 21.1. The molecule has 28 heteroatoms. The van der Waals surface area contributed by atoms with Crippen LogP contribution in [-0.4, -0.2) is 86.0 Å². The Bertz CT molecular complexity index is 3770. The van der Waals surface area contributed by atoms with Gasteiger partial charge in [-0.2, -0.15) is 26.3 Å². The van der Waals surface area contributed by atoms with Gasteiger partial charge in [-0.05, 0) is 83.9 Å². The van der Waals surface area contributed by atoms with Crippen molar-refractivity contribution in [1.82, 2.24) is 39.7 Å². The highest BCUT2D eigenvalue weighted by Gasteiger charge is 2.33. The van der Waals surface area contributed by atoms with E-state index in [0.29, 0.717) is 45.4 Å². The third-order valence-corrected chi connectivity index (χ3v) is 14.9. The van der Waals surface area contributed by atoms with Gasteiger partial charge in [-0.3, -0.25) is 37.8 Å². The number of alkyl halides is 6. The van der Waals surface area contributed by atoms with Crippen molar-refractivity contribution < 1.29 is 62.2 Å². The van der Waals surface area contributed by atoms with E-state index >= 15 is 0 Å². The van der Waals surface area contributed by atoms with E-state index in [1.807, 2.05) is 0 Å². The van der Waals surface area contributed by atoms with Crippen molar-refractivity contribution in [2.24, 2.45) is 11.8 Å². The molecule has 4 heterocycles. The number of pyridine rings is 2. The molecule has 0 spiro atoms. The summed E-state index contributed by atoms with van der Waals surface area (Å²) < 4.78 is 148. The van der Waals surface area contributed by atoms with E-state index in [4.69, 9.17) is 9.47 Å². The predicted octanol–water partition coefficient (Wildman–Crippen LogP) is 7.34. The molecule has 2 amide bonds. The summed E-state index contributed by atoms with van der Waals surface area (Å²) in [5.74, 6) is -1.67. The number of methoxy groups -OCH3 is 2. The second kappa shape index (κ2) is 23.6. The van der Waals surface area contributed by atoms with Crippen LogP contribution in [0.1, 0.15) is 25.0 Å². The van der Waals surface area contributed by atoms with E-state index in [-0.39, 0.29) is 69.9 Å². The Kier molecular flexibility index (Phi) is 17.3. The molecule has 0 aliphatic rings. The number of sulfonamides is 2. The van der Waals surface area contributed by atoms with Gasteiger partial charge in [0.2, 0.25) is 23.6 Å². The van der Waals surface area contributed by atoms with E-state index in [1.165, 1.54) is 74.6 Å². The van der Waals surface area contributed by atoms with Gasteiger partial charge in [0.15, 0.2) is 0 Å². The van der Waals surface area contributed by atoms with Crippen LogP contribution in [0.5, 0.6) is 11.8 Å². The second-order valence-electron chi connectivity index (χ2n) is 17.7. The standard InChI is InChI=1S/2C26H24F3N5O5S/c2*1-15(23(35)30-2)13-34-14-32-21-8-7-16(9-20(21)25(34)36)17-10-22(24(39-3)31-12-17)33-40(37,38)19-6-4-5-18(11-19)26(27,28)29/h2*4-12,14-15,33H,13H2,1-3H3,(H,30,35)/t2*15-/m10/s1. The molecule has 4 N–H and O–H groups in total. The highest BCUT2D eigenvalue weighted by Crippen LogP contribution is 2.36. The lowest BCUT2D eigenvalue weighted by atomic mass is 10.0. The van der Waals surface area contributed by atoms with E-state index < -0.39 is 65.2 Å². The number of hydrogen-bond donors (Lipinski definition) is 4. The molecule has 0 bridgehead atoms. The monoisotopic (exact) mass is 1150 g/mol. The van der Waals surface area contributed by atoms with Crippen molar-refractivity contribution >= 4 is 65.0 Å².